The fraction of sp³-hybridized carbons (Fsp3) is 1.00. The van der Waals surface area contributed by atoms with E-state index in [0.29, 0.717) is 18.1 Å². The third-order valence-corrected chi connectivity index (χ3v) is 4.97. The van der Waals surface area contributed by atoms with Crippen molar-refractivity contribution in [3.8, 4) is 0 Å². The van der Waals surface area contributed by atoms with E-state index < -0.39 is 0 Å². The lowest BCUT2D eigenvalue weighted by atomic mass is 9.86. The van der Waals surface area contributed by atoms with Crippen LogP contribution in [0.15, 0.2) is 0 Å². The maximum absolute atomic E-state index is 6.06. The molecule has 0 radical (unpaired) electrons. The third-order valence-electron chi connectivity index (χ3n) is 4.97. The Morgan fingerprint density at radius 2 is 2.17 bits per heavy atom. The molecule has 0 saturated carbocycles. The first-order valence-electron chi connectivity index (χ1n) is 7.42. The molecule has 4 atom stereocenters. The zero-order valence-corrected chi connectivity index (χ0v) is 11.4. The minimum absolute atomic E-state index is 0.0300. The van der Waals surface area contributed by atoms with E-state index in [1.165, 1.54) is 6.42 Å². The first-order valence-corrected chi connectivity index (χ1v) is 7.42. The van der Waals surface area contributed by atoms with Crippen LogP contribution in [0.4, 0.5) is 0 Å². The molecular weight excluding hydrogens is 228 g/mol. The molecule has 3 saturated heterocycles. The Labute approximate surface area is 110 Å². The van der Waals surface area contributed by atoms with Gasteiger partial charge in [-0.05, 0) is 32.6 Å². The number of ether oxygens (including phenoxy) is 2. The highest BCUT2D eigenvalue weighted by molar-refractivity contribution is 4.96. The van der Waals surface area contributed by atoms with E-state index in [1.54, 1.807) is 0 Å². The van der Waals surface area contributed by atoms with Crippen molar-refractivity contribution in [2.24, 2.45) is 5.73 Å². The first-order chi connectivity index (χ1) is 8.69. The Balaban J connectivity index is 1.65. The smallest absolute Gasteiger partial charge is 0.0951 e. The van der Waals surface area contributed by atoms with Crippen molar-refractivity contribution in [1.29, 1.82) is 0 Å². The van der Waals surface area contributed by atoms with Crippen molar-refractivity contribution in [3.05, 3.63) is 0 Å². The van der Waals surface area contributed by atoms with Crippen LogP contribution in [-0.2, 0) is 9.47 Å². The van der Waals surface area contributed by atoms with Crippen LogP contribution < -0.4 is 5.73 Å². The standard InChI is InChI=1S/C14H26N2O2/c1-11-8-12(15)2-5-16(11)13-3-6-18-14(9-13)4-7-17-10-14/h11-13H,2-10,15H2,1H3. The van der Waals surface area contributed by atoms with Gasteiger partial charge < -0.3 is 15.2 Å². The van der Waals surface area contributed by atoms with Gasteiger partial charge in [-0.3, -0.25) is 4.90 Å². The molecule has 3 fully saturated rings. The molecule has 2 N–H and O–H groups in total. The molecule has 0 aromatic heterocycles. The lowest BCUT2D eigenvalue weighted by Gasteiger charge is -2.47. The van der Waals surface area contributed by atoms with Crippen molar-refractivity contribution in [2.45, 2.75) is 62.8 Å². The van der Waals surface area contributed by atoms with Crippen LogP contribution in [0.2, 0.25) is 0 Å². The van der Waals surface area contributed by atoms with E-state index in [1.807, 2.05) is 0 Å². The van der Waals surface area contributed by atoms with E-state index in [0.717, 1.165) is 52.0 Å². The molecule has 4 nitrogen and oxygen atoms in total. The van der Waals surface area contributed by atoms with E-state index in [-0.39, 0.29) is 5.60 Å². The van der Waals surface area contributed by atoms with Gasteiger partial charge in [-0.1, -0.05) is 0 Å². The highest BCUT2D eigenvalue weighted by Gasteiger charge is 2.43. The van der Waals surface area contributed by atoms with Gasteiger partial charge in [0.15, 0.2) is 0 Å². The number of nitrogens with two attached hydrogens (primary N) is 1. The molecule has 0 aromatic carbocycles. The van der Waals surface area contributed by atoms with Crippen molar-refractivity contribution >= 4 is 0 Å². The van der Waals surface area contributed by atoms with Crippen LogP contribution in [-0.4, -0.2) is 55.0 Å². The molecule has 3 aliphatic rings. The van der Waals surface area contributed by atoms with Gasteiger partial charge in [0.25, 0.3) is 0 Å². The van der Waals surface area contributed by atoms with Gasteiger partial charge >= 0.3 is 0 Å². The summed E-state index contributed by atoms with van der Waals surface area (Å²) in [4.78, 5) is 2.67. The minimum Gasteiger partial charge on any atom is -0.378 e. The first kappa shape index (κ1) is 12.9. The predicted octanol–water partition coefficient (Wildman–Crippen LogP) is 1.14. The minimum atomic E-state index is 0.0300. The second-order valence-corrected chi connectivity index (χ2v) is 6.35. The molecule has 104 valence electrons. The summed E-state index contributed by atoms with van der Waals surface area (Å²) in [5, 5.41) is 0. The van der Waals surface area contributed by atoms with E-state index in [2.05, 4.69) is 11.8 Å². The van der Waals surface area contributed by atoms with Crippen LogP contribution in [0.25, 0.3) is 0 Å². The topological polar surface area (TPSA) is 47.7 Å². The van der Waals surface area contributed by atoms with Crippen LogP contribution in [0.1, 0.15) is 39.0 Å². The van der Waals surface area contributed by atoms with Gasteiger partial charge in [0.2, 0.25) is 0 Å². The van der Waals surface area contributed by atoms with Crippen LogP contribution >= 0.6 is 0 Å². The largest absolute Gasteiger partial charge is 0.378 e. The summed E-state index contributed by atoms with van der Waals surface area (Å²) in [6, 6.07) is 1.69. The van der Waals surface area contributed by atoms with Gasteiger partial charge in [-0.2, -0.15) is 0 Å². The quantitative estimate of drug-likeness (QED) is 0.762. The number of piperidine rings is 1. The Bertz CT molecular complexity index is 292. The molecule has 18 heavy (non-hydrogen) atoms. The van der Waals surface area contributed by atoms with Crippen LogP contribution in [0.3, 0.4) is 0 Å². The molecule has 0 aromatic rings. The predicted molar refractivity (Wildman–Crippen MR) is 70.5 cm³/mol. The molecule has 0 aliphatic carbocycles. The fourth-order valence-corrected chi connectivity index (χ4v) is 3.92. The molecule has 4 heteroatoms. The maximum Gasteiger partial charge on any atom is 0.0951 e. The van der Waals surface area contributed by atoms with E-state index in [9.17, 15) is 0 Å². The van der Waals surface area contributed by atoms with Crippen molar-refractivity contribution < 1.29 is 9.47 Å². The summed E-state index contributed by atoms with van der Waals surface area (Å²) in [5.74, 6) is 0. The second kappa shape index (κ2) is 5.08. The Morgan fingerprint density at radius 1 is 1.28 bits per heavy atom. The molecule has 3 aliphatic heterocycles. The Hall–Kier alpha value is -0.160. The lowest BCUT2D eigenvalue weighted by Crippen LogP contribution is -2.55. The van der Waals surface area contributed by atoms with Crippen molar-refractivity contribution in [1.82, 2.24) is 4.90 Å². The monoisotopic (exact) mass is 254 g/mol. The van der Waals surface area contributed by atoms with Gasteiger partial charge in [0, 0.05) is 44.3 Å². The van der Waals surface area contributed by atoms with Gasteiger partial charge in [0.1, 0.15) is 0 Å². The summed E-state index contributed by atoms with van der Waals surface area (Å²) in [5.41, 5.74) is 6.09. The molecule has 4 unspecified atom stereocenters. The average Bonchev–Trinajstić information content (AvgIpc) is 2.77. The van der Waals surface area contributed by atoms with Crippen molar-refractivity contribution in [2.75, 3.05) is 26.4 Å². The van der Waals surface area contributed by atoms with Gasteiger partial charge in [-0.25, -0.2) is 0 Å². The normalized spacial score (nSPS) is 46.7. The zero-order valence-electron chi connectivity index (χ0n) is 11.4. The molecular formula is C14H26N2O2. The highest BCUT2D eigenvalue weighted by Crippen LogP contribution is 2.36. The Morgan fingerprint density at radius 3 is 2.89 bits per heavy atom. The van der Waals surface area contributed by atoms with Crippen molar-refractivity contribution in [3.63, 3.8) is 0 Å². The van der Waals surface area contributed by atoms with Gasteiger partial charge in [-0.15, -0.1) is 0 Å². The summed E-state index contributed by atoms with van der Waals surface area (Å²) < 4.78 is 11.6. The lowest BCUT2D eigenvalue weighted by molar-refractivity contribution is -0.113. The number of rotatable bonds is 1. The van der Waals surface area contributed by atoms with Crippen LogP contribution in [0.5, 0.6) is 0 Å². The average molecular weight is 254 g/mol. The van der Waals surface area contributed by atoms with E-state index in [4.69, 9.17) is 15.2 Å². The number of hydrogen-bond donors (Lipinski definition) is 1. The Kier molecular flexibility index (Phi) is 3.63. The molecule has 3 heterocycles. The third kappa shape index (κ3) is 2.44. The van der Waals surface area contributed by atoms with Crippen LogP contribution in [0, 0.1) is 0 Å². The number of nitrogens with zero attached hydrogens (tertiary/aromatic N) is 1. The van der Waals surface area contributed by atoms with Gasteiger partial charge in [0.05, 0.1) is 12.2 Å². The molecule has 0 amide bonds. The van der Waals surface area contributed by atoms with E-state index >= 15 is 0 Å². The maximum atomic E-state index is 6.06. The fourth-order valence-electron chi connectivity index (χ4n) is 3.92. The SMILES string of the molecule is CC1CC(N)CCN1C1CCOC2(CCOC2)C1. The zero-order chi connectivity index (χ0) is 12.6. The molecule has 1 spiro atoms. The summed E-state index contributed by atoms with van der Waals surface area (Å²) in [6.07, 6.45) is 5.67. The summed E-state index contributed by atoms with van der Waals surface area (Å²) in [6.45, 7) is 6.04. The number of hydrogen-bond acceptors (Lipinski definition) is 4. The summed E-state index contributed by atoms with van der Waals surface area (Å²) in [7, 11) is 0. The second-order valence-electron chi connectivity index (χ2n) is 6.35. The molecule has 3 rings (SSSR count). The summed E-state index contributed by atoms with van der Waals surface area (Å²) >= 11 is 0. The highest BCUT2D eigenvalue weighted by atomic mass is 16.6. The molecule has 0 bridgehead atoms. The number of likely N-dealkylation sites (tertiary alicyclic amines) is 1.